The van der Waals surface area contributed by atoms with Crippen LogP contribution in [0.1, 0.15) is 5.56 Å². The maximum Gasteiger partial charge on any atom is 0.324 e. The van der Waals surface area contributed by atoms with E-state index in [4.69, 9.17) is 23.2 Å². The number of hydrogen-bond donors (Lipinski definition) is 0. The molecule has 0 N–H and O–H groups in total. The van der Waals surface area contributed by atoms with Crippen LogP contribution in [0.3, 0.4) is 0 Å². The number of halogens is 3. The molecule has 1 nitrogen and oxygen atoms in total. The zero-order valence-electron chi connectivity index (χ0n) is 8.21. The van der Waals surface area contributed by atoms with E-state index in [1.165, 1.54) is 11.9 Å². The van der Waals surface area contributed by atoms with Crippen molar-refractivity contribution < 1.29 is 4.39 Å². The van der Waals surface area contributed by atoms with Gasteiger partial charge < -0.3 is 0 Å². The van der Waals surface area contributed by atoms with Gasteiger partial charge in [0, 0.05) is 18.2 Å². The number of benzene rings is 1. The molecule has 0 saturated carbocycles. The Labute approximate surface area is 108 Å². The van der Waals surface area contributed by atoms with Gasteiger partial charge in [-0.15, -0.1) is 0 Å². The summed E-state index contributed by atoms with van der Waals surface area (Å²) in [5.74, 6) is 0. The van der Waals surface area contributed by atoms with Gasteiger partial charge in [0.25, 0.3) is 0 Å². The summed E-state index contributed by atoms with van der Waals surface area (Å²) in [6.45, 7) is 1.99. The van der Waals surface area contributed by atoms with Crippen molar-refractivity contribution >= 4 is 52.8 Å². The van der Waals surface area contributed by atoms with E-state index in [1.54, 1.807) is 3.71 Å². The van der Waals surface area contributed by atoms with Crippen LogP contribution in [0.15, 0.2) is 24.3 Å². The van der Waals surface area contributed by atoms with E-state index in [0.717, 1.165) is 23.2 Å². The van der Waals surface area contributed by atoms with Gasteiger partial charge in [0.15, 0.2) is 0 Å². The molecule has 15 heavy (non-hydrogen) atoms. The third kappa shape index (κ3) is 4.72. The highest BCUT2D eigenvalue weighted by Gasteiger charge is 2.27. The van der Waals surface area contributed by atoms with Crippen molar-refractivity contribution in [1.29, 1.82) is 0 Å². The topological polar surface area (TPSA) is 3.24 Å². The Morgan fingerprint density at radius 2 is 1.80 bits per heavy atom. The van der Waals surface area contributed by atoms with Gasteiger partial charge in [-0.2, -0.15) is 4.39 Å². The molecule has 0 saturated heterocycles. The van der Waals surface area contributed by atoms with Gasteiger partial charge >= 0.3 is 3.92 Å². The number of hydrogen-bond acceptors (Lipinski definition) is 3. The second-order valence-electron chi connectivity index (χ2n) is 2.81. The molecule has 0 radical (unpaired) electrons. The van der Waals surface area contributed by atoms with Gasteiger partial charge in [0.05, 0.1) is 5.69 Å². The molecule has 84 valence electrons. The Morgan fingerprint density at radius 3 is 2.20 bits per heavy atom. The predicted molar refractivity (Wildman–Crippen MR) is 70.3 cm³/mol. The fraction of sp³-hybridized carbons (Fsp3) is 0.333. The van der Waals surface area contributed by atoms with Gasteiger partial charge in [0.2, 0.25) is 0 Å². The lowest BCUT2D eigenvalue weighted by Gasteiger charge is -2.22. The van der Waals surface area contributed by atoms with Crippen molar-refractivity contribution in [2.24, 2.45) is 0 Å². The van der Waals surface area contributed by atoms with Crippen molar-refractivity contribution in [2.75, 3.05) is 9.97 Å². The molecule has 0 aliphatic heterocycles. The fourth-order valence-corrected chi connectivity index (χ4v) is 2.97. The second-order valence-corrected chi connectivity index (χ2v) is 6.57. The highest BCUT2D eigenvalue weighted by Crippen LogP contribution is 2.43. The van der Waals surface area contributed by atoms with Crippen molar-refractivity contribution in [3.8, 4) is 0 Å². The molecule has 0 amide bonds. The SMILES string of the molecule is CSN(SC(F)(Cl)Cl)c1ccc(C)cc1. The van der Waals surface area contributed by atoms with E-state index in [9.17, 15) is 4.39 Å². The minimum absolute atomic E-state index is 0.721. The van der Waals surface area contributed by atoms with Crippen LogP contribution in [0.5, 0.6) is 0 Å². The molecule has 0 heterocycles. The summed E-state index contributed by atoms with van der Waals surface area (Å²) in [5.41, 5.74) is 1.99. The van der Waals surface area contributed by atoms with E-state index in [2.05, 4.69) is 0 Å². The number of rotatable bonds is 4. The molecular weight excluding hydrogens is 276 g/mol. The largest absolute Gasteiger partial charge is 0.324 e. The van der Waals surface area contributed by atoms with Crippen LogP contribution in [0.25, 0.3) is 0 Å². The zero-order valence-corrected chi connectivity index (χ0v) is 11.4. The van der Waals surface area contributed by atoms with Gasteiger partial charge in [-0.1, -0.05) is 40.9 Å². The lowest BCUT2D eigenvalue weighted by molar-refractivity contribution is 0.516. The molecule has 0 aliphatic carbocycles. The van der Waals surface area contributed by atoms with Crippen LogP contribution < -0.4 is 3.71 Å². The Kier molecular flexibility index (Phi) is 4.90. The summed E-state index contributed by atoms with van der Waals surface area (Å²) in [6.07, 6.45) is 1.83. The Morgan fingerprint density at radius 1 is 1.27 bits per heavy atom. The Balaban J connectivity index is 2.79. The summed E-state index contributed by atoms with van der Waals surface area (Å²) in [4.78, 5) is 0. The molecule has 1 aromatic rings. The zero-order chi connectivity index (χ0) is 11.5. The van der Waals surface area contributed by atoms with Crippen molar-refractivity contribution in [2.45, 2.75) is 10.8 Å². The summed E-state index contributed by atoms with van der Waals surface area (Å²) < 4.78 is 12.3. The minimum Gasteiger partial charge on any atom is -0.254 e. The van der Waals surface area contributed by atoms with Crippen LogP contribution in [-0.4, -0.2) is 10.2 Å². The molecule has 1 aromatic carbocycles. The highest BCUT2D eigenvalue weighted by atomic mass is 35.5. The van der Waals surface area contributed by atoms with E-state index >= 15 is 0 Å². The normalized spacial score (nSPS) is 11.5. The number of nitrogens with zero attached hydrogens (tertiary/aromatic N) is 1. The van der Waals surface area contributed by atoms with E-state index in [1.807, 2.05) is 37.4 Å². The first-order valence-electron chi connectivity index (χ1n) is 4.09. The molecule has 0 fully saturated rings. The lowest BCUT2D eigenvalue weighted by atomic mass is 10.2. The lowest BCUT2D eigenvalue weighted by Crippen LogP contribution is -2.11. The average Bonchev–Trinajstić information content (AvgIpc) is 2.14. The Bertz CT molecular complexity index is 313. The second kappa shape index (κ2) is 5.53. The van der Waals surface area contributed by atoms with Crippen LogP contribution in [0, 0.1) is 6.92 Å². The summed E-state index contributed by atoms with van der Waals surface area (Å²) in [6, 6.07) is 7.67. The number of anilines is 1. The molecule has 0 aliphatic rings. The molecule has 0 aromatic heterocycles. The average molecular weight is 286 g/mol. The molecule has 0 bridgehead atoms. The van der Waals surface area contributed by atoms with Gasteiger partial charge in [-0.3, -0.25) is 3.71 Å². The summed E-state index contributed by atoms with van der Waals surface area (Å²) in [5, 5.41) is 0. The Hall–Kier alpha value is 0.230. The molecule has 0 unspecified atom stereocenters. The smallest absolute Gasteiger partial charge is 0.254 e. The fourth-order valence-electron chi connectivity index (χ4n) is 0.956. The maximum atomic E-state index is 13.0. The maximum absolute atomic E-state index is 13.0. The molecule has 6 heteroatoms. The predicted octanol–water partition coefficient (Wildman–Crippen LogP) is 4.79. The summed E-state index contributed by atoms with van der Waals surface area (Å²) in [7, 11) is 0. The van der Waals surface area contributed by atoms with E-state index in [0.29, 0.717) is 0 Å². The monoisotopic (exact) mass is 285 g/mol. The van der Waals surface area contributed by atoms with Gasteiger partial charge in [-0.25, -0.2) is 0 Å². The first-order valence-corrected chi connectivity index (χ1v) is 6.80. The van der Waals surface area contributed by atoms with Crippen LogP contribution in [0.2, 0.25) is 0 Å². The number of aryl methyl sites for hydroxylation is 1. The first kappa shape index (κ1) is 13.3. The molecule has 0 atom stereocenters. The third-order valence-electron chi connectivity index (χ3n) is 1.60. The first-order chi connectivity index (χ1) is 6.92. The van der Waals surface area contributed by atoms with Crippen molar-refractivity contribution in [1.82, 2.24) is 0 Å². The summed E-state index contributed by atoms with van der Waals surface area (Å²) >= 11 is 12.7. The van der Waals surface area contributed by atoms with Crippen LogP contribution >= 0.6 is 47.1 Å². The van der Waals surface area contributed by atoms with E-state index < -0.39 is 3.92 Å². The van der Waals surface area contributed by atoms with Gasteiger partial charge in [-0.05, 0) is 31.0 Å². The van der Waals surface area contributed by atoms with Crippen molar-refractivity contribution in [3.63, 3.8) is 0 Å². The van der Waals surface area contributed by atoms with Crippen LogP contribution in [-0.2, 0) is 0 Å². The van der Waals surface area contributed by atoms with Crippen molar-refractivity contribution in [3.05, 3.63) is 29.8 Å². The molecule has 0 spiro atoms. The van der Waals surface area contributed by atoms with Gasteiger partial charge in [0.1, 0.15) is 0 Å². The van der Waals surface area contributed by atoms with E-state index in [-0.39, 0.29) is 0 Å². The molecular formula is C9H10Cl2FNS2. The highest BCUT2D eigenvalue weighted by molar-refractivity contribution is 8.19. The van der Waals surface area contributed by atoms with Crippen LogP contribution in [0.4, 0.5) is 10.1 Å². The standard InChI is InChI=1S/C9H10Cl2FNS2/c1-7-3-5-8(6-4-7)13(14-2)15-9(10,11)12/h3-6H,1-2H3. The molecule has 1 rings (SSSR count). The quantitative estimate of drug-likeness (QED) is 0.579. The number of alkyl halides is 3. The third-order valence-corrected chi connectivity index (χ3v) is 3.81. The minimum atomic E-state index is -2.31.